The summed E-state index contributed by atoms with van der Waals surface area (Å²) < 4.78 is 28.6. The summed E-state index contributed by atoms with van der Waals surface area (Å²) in [5.74, 6) is -1.97. The van der Waals surface area contributed by atoms with E-state index in [0.29, 0.717) is 62.0 Å². The van der Waals surface area contributed by atoms with Gasteiger partial charge in [0.05, 0.1) is 56.3 Å². The number of likely N-dealkylation sites (tertiary alicyclic amines) is 1. The Balaban J connectivity index is 0.798. The van der Waals surface area contributed by atoms with Gasteiger partial charge in [-0.3, -0.25) is 44.0 Å². The van der Waals surface area contributed by atoms with Crippen LogP contribution in [0.1, 0.15) is 74.8 Å². The molecular formula is C47H56ClN5O11. The maximum Gasteiger partial charge on any atom is 0.266 e. The van der Waals surface area contributed by atoms with Crippen molar-refractivity contribution in [1.82, 2.24) is 20.0 Å². The summed E-state index contributed by atoms with van der Waals surface area (Å²) in [7, 11) is 1.71. The highest BCUT2D eigenvalue weighted by Gasteiger charge is 2.46. The molecule has 0 spiro atoms. The van der Waals surface area contributed by atoms with Crippen LogP contribution in [0.5, 0.6) is 17.2 Å². The standard InChI is InChI=1S/C47H56ClN5O11/c1-3-63-42-28-40(55)36(26-32(42)29-52-15-5-6-34(52)30-60-2)39(54)13-10-31-9-11-33(27-37(31)48)51-18-16-50(17-19-51)20-21-61-22-23-62-24-25-64-41-8-4-7-35-44(41)47(59)53(46(35)58)38-12-14-43(56)49-45(38)57/h4,7-11,13,26-28,34,38,55H,3,5-6,12,14-25,29-30H2,1-2H3,(H,49,56,57)/b13-10+/t34-,38?/m0/s1. The Morgan fingerprint density at radius 3 is 2.42 bits per heavy atom. The van der Waals surface area contributed by atoms with Gasteiger partial charge in [-0.25, -0.2) is 0 Å². The highest BCUT2D eigenvalue weighted by atomic mass is 35.5. The number of halogens is 1. The molecule has 4 heterocycles. The van der Waals surface area contributed by atoms with E-state index in [0.717, 1.165) is 68.3 Å². The van der Waals surface area contributed by atoms with Gasteiger partial charge in [-0.05, 0) is 80.8 Å². The van der Waals surface area contributed by atoms with Gasteiger partial charge in [0.25, 0.3) is 11.8 Å². The number of piperazine rings is 1. The molecule has 17 heteroatoms. The third-order valence-electron chi connectivity index (χ3n) is 12.0. The second-order valence-electron chi connectivity index (χ2n) is 16.1. The van der Waals surface area contributed by atoms with Gasteiger partial charge in [0, 0.05) is 81.2 Å². The van der Waals surface area contributed by atoms with Crippen molar-refractivity contribution < 1.29 is 52.8 Å². The number of carbonyl (C=O) groups excluding carboxylic acids is 5. The fraction of sp³-hybridized carbons (Fsp3) is 0.468. The lowest BCUT2D eigenvalue weighted by atomic mass is 10.0. The molecule has 4 amide bonds. The number of fused-ring (bicyclic) bond motifs is 1. The number of ether oxygens (including phenoxy) is 5. The number of amides is 4. The van der Waals surface area contributed by atoms with Crippen molar-refractivity contribution in [3.8, 4) is 17.2 Å². The molecule has 2 N–H and O–H groups in total. The number of methoxy groups -OCH3 is 1. The molecule has 2 atom stereocenters. The van der Waals surface area contributed by atoms with Crippen LogP contribution < -0.4 is 19.7 Å². The Morgan fingerprint density at radius 1 is 0.891 bits per heavy atom. The van der Waals surface area contributed by atoms with E-state index >= 15 is 0 Å². The van der Waals surface area contributed by atoms with Crippen molar-refractivity contribution in [2.75, 3.05) is 97.5 Å². The minimum Gasteiger partial charge on any atom is -0.507 e. The van der Waals surface area contributed by atoms with Gasteiger partial charge in [0.15, 0.2) is 5.78 Å². The summed E-state index contributed by atoms with van der Waals surface area (Å²) in [6.07, 6.45) is 5.37. The number of hydrogen-bond donors (Lipinski definition) is 2. The summed E-state index contributed by atoms with van der Waals surface area (Å²) in [5.41, 5.74) is 3.01. The predicted molar refractivity (Wildman–Crippen MR) is 238 cm³/mol. The molecule has 0 aromatic heterocycles. The minimum absolute atomic E-state index is 0.0457. The lowest BCUT2D eigenvalue weighted by Gasteiger charge is -2.36. The van der Waals surface area contributed by atoms with Gasteiger partial charge in [0.2, 0.25) is 11.8 Å². The first-order valence-corrected chi connectivity index (χ1v) is 22.3. The fourth-order valence-electron chi connectivity index (χ4n) is 8.59. The van der Waals surface area contributed by atoms with Crippen molar-refractivity contribution in [2.45, 2.75) is 51.2 Å². The van der Waals surface area contributed by atoms with Crippen LogP contribution in [0.25, 0.3) is 6.08 Å². The summed E-state index contributed by atoms with van der Waals surface area (Å²) >= 11 is 6.73. The average Bonchev–Trinajstić information content (AvgIpc) is 3.83. The fourth-order valence-corrected chi connectivity index (χ4v) is 8.83. The summed E-state index contributed by atoms with van der Waals surface area (Å²) in [6, 6.07) is 13.1. The molecule has 1 unspecified atom stereocenters. The first-order valence-electron chi connectivity index (χ1n) is 21.9. The topological polar surface area (TPSA) is 177 Å². The van der Waals surface area contributed by atoms with Crippen LogP contribution in [0.4, 0.5) is 5.69 Å². The number of hydrogen-bond acceptors (Lipinski definition) is 14. The molecule has 0 radical (unpaired) electrons. The van der Waals surface area contributed by atoms with Gasteiger partial charge in [0.1, 0.15) is 29.9 Å². The monoisotopic (exact) mass is 901 g/mol. The van der Waals surface area contributed by atoms with Crippen molar-refractivity contribution in [3.05, 3.63) is 87.4 Å². The second kappa shape index (κ2) is 22.0. The minimum atomic E-state index is -1.05. The van der Waals surface area contributed by atoms with Crippen LogP contribution in [0.3, 0.4) is 0 Å². The molecule has 4 aliphatic heterocycles. The van der Waals surface area contributed by atoms with E-state index in [-0.39, 0.29) is 60.0 Å². The Bertz CT molecular complexity index is 2230. The number of nitrogens with one attached hydrogen (secondary N) is 1. The van der Waals surface area contributed by atoms with Crippen LogP contribution in [0, 0.1) is 0 Å². The Morgan fingerprint density at radius 2 is 1.67 bits per heavy atom. The van der Waals surface area contributed by atoms with Gasteiger partial charge in [-0.1, -0.05) is 23.7 Å². The third-order valence-corrected chi connectivity index (χ3v) is 12.3. The zero-order chi connectivity index (χ0) is 45.2. The number of nitrogens with zero attached hydrogens (tertiary/aromatic N) is 4. The van der Waals surface area contributed by atoms with Gasteiger partial charge >= 0.3 is 0 Å². The van der Waals surface area contributed by atoms with Crippen LogP contribution >= 0.6 is 11.6 Å². The van der Waals surface area contributed by atoms with Crippen molar-refractivity contribution >= 4 is 52.8 Å². The van der Waals surface area contributed by atoms with E-state index in [1.54, 1.807) is 31.4 Å². The second-order valence-corrected chi connectivity index (χ2v) is 16.5. The average molecular weight is 902 g/mol. The lowest BCUT2D eigenvalue weighted by molar-refractivity contribution is -0.136. The molecule has 4 aliphatic rings. The van der Waals surface area contributed by atoms with E-state index in [1.807, 2.05) is 25.1 Å². The SMILES string of the molecule is CCOc1cc(O)c(C(=O)/C=C/c2ccc(N3CCN(CCOCCOCCOc4cccc5c4C(=O)N(C4CCC(=O)NC4=O)C5=O)CC3)cc2Cl)cc1CN1CCC[C@H]1COC. The molecule has 64 heavy (non-hydrogen) atoms. The Hall–Kier alpha value is -5.36. The molecule has 342 valence electrons. The first-order chi connectivity index (χ1) is 31.1. The van der Waals surface area contributed by atoms with Gasteiger partial charge in [-0.2, -0.15) is 0 Å². The quantitative estimate of drug-likeness (QED) is 0.0657. The number of phenols is 1. The molecule has 16 nitrogen and oxygen atoms in total. The molecule has 3 fully saturated rings. The number of carbonyl (C=O) groups is 5. The van der Waals surface area contributed by atoms with Crippen molar-refractivity contribution in [2.24, 2.45) is 0 Å². The number of anilines is 1. The van der Waals surface area contributed by atoms with E-state index < -0.39 is 29.7 Å². The van der Waals surface area contributed by atoms with Crippen LogP contribution in [-0.4, -0.2) is 154 Å². The van der Waals surface area contributed by atoms with E-state index in [2.05, 4.69) is 20.0 Å². The van der Waals surface area contributed by atoms with Crippen LogP contribution in [0.2, 0.25) is 5.02 Å². The number of phenolic OH excluding ortho intramolecular Hbond substituents is 1. The normalized spacial score (nSPS) is 19.5. The maximum absolute atomic E-state index is 13.4. The number of aromatic hydroxyl groups is 1. The molecule has 0 aliphatic carbocycles. The van der Waals surface area contributed by atoms with Crippen LogP contribution in [-0.2, 0) is 30.3 Å². The van der Waals surface area contributed by atoms with E-state index in [4.69, 9.17) is 35.3 Å². The number of allylic oxidation sites excluding steroid dienone is 1. The third kappa shape index (κ3) is 11.1. The summed E-state index contributed by atoms with van der Waals surface area (Å²) in [5, 5.41) is 13.5. The van der Waals surface area contributed by atoms with E-state index in [1.165, 1.54) is 18.2 Å². The zero-order valence-corrected chi connectivity index (χ0v) is 37.1. The number of rotatable bonds is 21. The maximum atomic E-state index is 13.4. The smallest absolute Gasteiger partial charge is 0.266 e. The molecule has 3 saturated heterocycles. The molecule has 3 aromatic rings. The summed E-state index contributed by atoms with van der Waals surface area (Å²) in [4.78, 5) is 71.5. The molecule has 3 aromatic carbocycles. The van der Waals surface area contributed by atoms with Crippen molar-refractivity contribution in [3.63, 3.8) is 0 Å². The Labute approximate surface area is 377 Å². The number of ketones is 1. The molecule has 7 rings (SSSR count). The van der Waals surface area contributed by atoms with Crippen LogP contribution in [0.15, 0.2) is 54.6 Å². The van der Waals surface area contributed by atoms with E-state index in [9.17, 15) is 29.1 Å². The number of piperidine rings is 1. The predicted octanol–water partition coefficient (Wildman–Crippen LogP) is 4.59. The molecular weight excluding hydrogens is 846 g/mol. The van der Waals surface area contributed by atoms with Gasteiger partial charge < -0.3 is 33.7 Å². The highest BCUT2D eigenvalue weighted by molar-refractivity contribution is 6.32. The number of benzene rings is 3. The Kier molecular flexibility index (Phi) is 16.0. The van der Waals surface area contributed by atoms with Gasteiger partial charge in [-0.15, -0.1) is 0 Å². The zero-order valence-electron chi connectivity index (χ0n) is 36.4. The number of imide groups is 2. The molecule has 0 saturated carbocycles. The molecule has 0 bridgehead atoms. The highest BCUT2D eigenvalue weighted by Crippen LogP contribution is 2.35. The first kappa shape index (κ1) is 46.6. The summed E-state index contributed by atoms with van der Waals surface area (Å²) in [6.45, 7) is 10.3. The van der Waals surface area contributed by atoms with Crippen molar-refractivity contribution in [1.29, 1.82) is 0 Å². The largest absolute Gasteiger partial charge is 0.507 e. The lowest BCUT2D eigenvalue weighted by Crippen LogP contribution is -2.54.